The molecule has 1 aliphatic rings. The van der Waals surface area contributed by atoms with Gasteiger partial charge in [0.1, 0.15) is 17.6 Å². The molecule has 0 aliphatic carbocycles. The Morgan fingerprint density at radius 1 is 1.03 bits per heavy atom. The second-order valence-corrected chi connectivity index (χ2v) is 6.96. The molecule has 3 rings (SSSR count). The molecule has 32 heavy (non-hydrogen) atoms. The number of para-hydroxylation sites is 1. The molecule has 0 aromatic heterocycles. The lowest BCUT2D eigenvalue weighted by atomic mass is 10.1. The van der Waals surface area contributed by atoms with Crippen LogP contribution in [0.4, 0.5) is 15.8 Å². The van der Waals surface area contributed by atoms with Gasteiger partial charge in [0.05, 0.1) is 16.9 Å². The number of carbonyl (C=O) groups excluding carboxylic acids is 4. The number of nitrogens with one attached hydrogen (secondary N) is 2. The number of anilines is 2. The summed E-state index contributed by atoms with van der Waals surface area (Å²) in [4.78, 5) is 48.0. The highest BCUT2D eigenvalue weighted by atomic mass is 19.1. The molecule has 10 nitrogen and oxygen atoms in total. The van der Waals surface area contributed by atoms with Crippen LogP contribution in [0.5, 0.6) is 0 Å². The average molecular weight is 440 g/mol. The Kier molecular flexibility index (Phi) is 6.78. The molecule has 1 aliphatic heterocycles. The van der Waals surface area contributed by atoms with Gasteiger partial charge in [0.2, 0.25) is 11.8 Å². The Morgan fingerprint density at radius 3 is 2.38 bits per heavy atom. The van der Waals surface area contributed by atoms with Gasteiger partial charge in [0.15, 0.2) is 0 Å². The maximum Gasteiger partial charge on any atom is 0.271 e. The number of carbonyl (C=O) groups is 4. The Morgan fingerprint density at radius 2 is 1.72 bits per heavy atom. The molecule has 1 unspecified atom stereocenters. The first kappa shape index (κ1) is 22.4. The summed E-state index contributed by atoms with van der Waals surface area (Å²) in [5.41, 5.74) is 11.3. The summed E-state index contributed by atoms with van der Waals surface area (Å²) < 4.78 is 13.2. The van der Waals surface area contributed by atoms with Gasteiger partial charge in [0.25, 0.3) is 11.8 Å². The minimum Gasteiger partial charge on any atom is -0.370 e. The van der Waals surface area contributed by atoms with Gasteiger partial charge >= 0.3 is 0 Å². The zero-order chi connectivity index (χ0) is 23.3. The Bertz CT molecular complexity index is 1090. The fraction of sp³-hybridized carbons (Fsp3) is 0.190. The quantitative estimate of drug-likeness (QED) is 0.469. The van der Waals surface area contributed by atoms with Gasteiger partial charge < -0.3 is 22.1 Å². The van der Waals surface area contributed by atoms with E-state index in [9.17, 15) is 23.6 Å². The number of hydrogen-bond acceptors (Lipinski definition) is 6. The Hall–Kier alpha value is -4.28. The monoisotopic (exact) mass is 440 g/mol. The summed E-state index contributed by atoms with van der Waals surface area (Å²) in [7, 11) is 0. The molecular weight excluding hydrogens is 419 g/mol. The summed E-state index contributed by atoms with van der Waals surface area (Å²) in [6, 6.07) is 10.6. The molecule has 0 fully saturated rings. The summed E-state index contributed by atoms with van der Waals surface area (Å²) in [5, 5.41) is 10.6. The van der Waals surface area contributed by atoms with Crippen molar-refractivity contribution in [3.05, 3.63) is 59.9 Å². The SMILES string of the molecule is NC(=O)CCNC(=O)c1ccccc1NC(=O)C1=NN(c2ccc(F)cc2)C(C(N)=O)C1. The lowest BCUT2D eigenvalue weighted by Crippen LogP contribution is -2.39. The van der Waals surface area contributed by atoms with Crippen molar-refractivity contribution in [3.8, 4) is 0 Å². The third-order valence-electron chi connectivity index (χ3n) is 4.67. The molecule has 1 heterocycles. The van der Waals surface area contributed by atoms with E-state index in [2.05, 4.69) is 15.7 Å². The molecule has 6 N–H and O–H groups in total. The highest BCUT2D eigenvalue weighted by Crippen LogP contribution is 2.25. The number of halogens is 1. The normalized spacial score (nSPS) is 15.1. The van der Waals surface area contributed by atoms with Crippen LogP contribution in [0.25, 0.3) is 0 Å². The highest BCUT2D eigenvalue weighted by molar-refractivity contribution is 6.44. The van der Waals surface area contributed by atoms with E-state index in [0.29, 0.717) is 5.69 Å². The standard InChI is InChI=1S/C21H21FN6O4/c22-12-5-7-13(8-6-12)28-17(19(24)30)11-16(27-28)21(32)26-15-4-2-1-3-14(15)20(31)25-10-9-18(23)29/h1-8,17H,9-11H2,(H2,23,29)(H2,24,30)(H,25,31)(H,26,32). The third-order valence-corrected chi connectivity index (χ3v) is 4.67. The lowest BCUT2D eigenvalue weighted by Gasteiger charge is -2.20. The zero-order valence-electron chi connectivity index (χ0n) is 16.9. The van der Waals surface area contributed by atoms with Gasteiger partial charge in [-0.3, -0.25) is 24.2 Å². The number of primary amides is 2. The van der Waals surface area contributed by atoms with E-state index in [0.717, 1.165) is 0 Å². The molecule has 0 radical (unpaired) electrons. The van der Waals surface area contributed by atoms with Crippen molar-refractivity contribution in [1.82, 2.24) is 5.32 Å². The third kappa shape index (κ3) is 5.25. The van der Waals surface area contributed by atoms with Gasteiger partial charge in [-0.1, -0.05) is 12.1 Å². The van der Waals surface area contributed by atoms with Crippen LogP contribution in [0.15, 0.2) is 53.6 Å². The second-order valence-electron chi connectivity index (χ2n) is 6.96. The number of nitrogens with two attached hydrogens (primary N) is 2. The molecule has 166 valence electrons. The van der Waals surface area contributed by atoms with Gasteiger partial charge in [-0.15, -0.1) is 0 Å². The maximum atomic E-state index is 13.2. The maximum absolute atomic E-state index is 13.2. The van der Waals surface area contributed by atoms with Gasteiger partial charge in [-0.05, 0) is 36.4 Å². The van der Waals surface area contributed by atoms with Crippen LogP contribution < -0.4 is 27.1 Å². The minimum atomic E-state index is -0.923. The lowest BCUT2D eigenvalue weighted by molar-refractivity contribution is -0.119. The van der Waals surface area contributed by atoms with E-state index in [4.69, 9.17) is 11.5 Å². The van der Waals surface area contributed by atoms with Crippen molar-refractivity contribution in [1.29, 1.82) is 0 Å². The molecular formula is C21H21FN6O4. The van der Waals surface area contributed by atoms with Crippen LogP contribution in [0.2, 0.25) is 0 Å². The van der Waals surface area contributed by atoms with E-state index >= 15 is 0 Å². The summed E-state index contributed by atoms with van der Waals surface area (Å²) >= 11 is 0. The smallest absolute Gasteiger partial charge is 0.271 e. The van der Waals surface area contributed by atoms with E-state index in [1.807, 2.05) is 0 Å². The number of benzene rings is 2. The van der Waals surface area contributed by atoms with Crippen LogP contribution in [0.3, 0.4) is 0 Å². The summed E-state index contributed by atoms with van der Waals surface area (Å²) in [5.74, 6) is -2.84. The highest BCUT2D eigenvalue weighted by Gasteiger charge is 2.35. The van der Waals surface area contributed by atoms with Crippen LogP contribution in [0, 0.1) is 5.82 Å². The first-order chi connectivity index (χ1) is 15.3. The molecule has 2 aromatic carbocycles. The largest absolute Gasteiger partial charge is 0.370 e. The predicted molar refractivity (Wildman–Crippen MR) is 115 cm³/mol. The number of amides is 4. The van der Waals surface area contributed by atoms with Crippen LogP contribution >= 0.6 is 0 Å². The Balaban J connectivity index is 1.77. The van der Waals surface area contributed by atoms with Crippen molar-refractivity contribution in [3.63, 3.8) is 0 Å². The summed E-state index contributed by atoms with van der Waals surface area (Å²) in [6.07, 6.45) is -0.0870. The average Bonchev–Trinajstić information content (AvgIpc) is 3.20. The van der Waals surface area contributed by atoms with E-state index in [1.54, 1.807) is 12.1 Å². The number of rotatable bonds is 8. The molecule has 2 aromatic rings. The van der Waals surface area contributed by atoms with Gasteiger partial charge in [0, 0.05) is 19.4 Å². The first-order valence-electron chi connectivity index (χ1n) is 9.64. The van der Waals surface area contributed by atoms with E-state index in [1.165, 1.54) is 41.4 Å². The number of hydrazone groups is 1. The molecule has 1 atom stereocenters. The molecule has 4 amide bonds. The molecule has 0 saturated carbocycles. The van der Waals surface area contributed by atoms with Crippen LogP contribution in [-0.2, 0) is 14.4 Å². The second kappa shape index (κ2) is 9.69. The van der Waals surface area contributed by atoms with Crippen LogP contribution in [0.1, 0.15) is 23.2 Å². The van der Waals surface area contributed by atoms with Crippen molar-refractivity contribution in [2.24, 2.45) is 16.6 Å². The first-order valence-corrected chi connectivity index (χ1v) is 9.64. The fourth-order valence-corrected chi connectivity index (χ4v) is 3.08. The van der Waals surface area contributed by atoms with E-state index in [-0.39, 0.29) is 36.3 Å². The zero-order valence-corrected chi connectivity index (χ0v) is 16.9. The minimum absolute atomic E-state index is 0.0158. The molecule has 0 bridgehead atoms. The molecule has 11 heteroatoms. The van der Waals surface area contributed by atoms with Crippen LogP contribution in [-0.4, -0.2) is 41.9 Å². The van der Waals surface area contributed by atoms with Crippen molar-refractivity contribution < 1.29 is 23.6 Å². The molecule has 0 saturated heterocycles. The fourth-order valence-electron chi connectivity index (χ4n) is 3.08. The van der Waals surface area contributed by atoms with Crippen molar-refractivity contribution in [2.45, 2.75) is 18.9 Å². The number of nitrogens with zero attached hydrogens (tertiary/aromatic N) is 2. The van der Waals surface area contributed by atoms with Crippen molar-refractivity contribution >= 4 is 40.7 Å². The Labute approximate surface area is 182 Å². The number of hydrogen-bond donors (Lipinski definition) is 4. The van der Waals surface area contributed by atoms with Crippen molar-refractivity contribution in [2.75, 3.05) is 16.9 Å². The van der Waals surface area contributed by atoms with Gasteiger partial charge in [-0.2, -0.15) is 5.10 Å². The predicted octanol–water partition coefficient (Wildman–Crippen LogP) is 0.490. The molecule has 0 spiro atoms. The summed E-state index contributed by atoms with van der Waals surface area (Å²) in [6.45, 7) is 0.0517. The van der Waals surface area contributed by atoms with E-state index < -0.39 is 35.5 Å². The topological polar surface area (TPSA) is 160 Å². The van der Waals surface area contributed by atoms with Gasteiger partial charge in [-0.25, -0.2) is 4.39 Å².